The Morgan fingerprint density at radius 1 is 1.23 bits per heavy atom. The van der Waals surface area contributed by atoms with E-state index in [1.807, 2.05) is 46.8 Å². The Morgan fingerprint density at radius 3 is 2.81 bits per heavy atom. The zero-order valence-electron chi connectivity index (χ0n) is 13.9. The number of aromatic nitrogens is 1. The number of amides is 1. The first-order valence-corrected chi connectivity index (χ1v) is 8.16. The van der Waals surface area contributed by atoms with Gasteiger partial charge in [-0.3, -0.25) is 9.78 Å². The van der Waals surface area contributed by atoms with Gasteiger partial charge in [-0.25, -0.2) is 10.4 Å². The number of nitrogens with one attached hydrogen (secondary N) is 1. The van der Waals surface area contributed by atoms with Crippen molar-refractivity contribution in [1.29, 1.82) is 0 Å². The molecule has 0 saturated heterocycles. The molecular formula is C20H16N5O+. The summed E-state index contributed by atoms with van der Waals surface area (Å²) in [4.78, 5) is 21.3. The number of hydrogen-bond acceptors (Lipinski definition) is 4. The third kappa shape index (κ3) is 2.88. The normalized spacial score (nSPS) is 15.7. The average Bonchev–Trinajstić information content (AvgIpc) is 3.12. The number of benzene rings is 1. The number of hydrogen-bond donors (Lipinski definition) is 2. The monoisotopic (exact) mass is 342 g/mol. The summed E-state index contributed by atoms with van der Waals surface area (Å²) in [6.45, 7) is 0.609. The number of aliphatic imine (C=N–C) groups is 1. The van der Waals surface area contributed by atoms with Crippen molar-refractivity contribution in [2.24, 2.45) is 4.99 Å². The van der Waals surface area contributed by atoms with E-state index < -0.39 is 0 Å². The minimum absolute atomic E-state index is 0.236. The quantitative estimate of drug-likeness (QED) is 0.640. The van der Waals surface area contributed by atoms with Gasteiger partial charge in [-0.15, -0.1) is 6.42 Å². The largest absolute Gasteiger partial charge is 0.304 e. The molecule has 1 aromatic heterocycles. The zero-order chi connectivity index (χ0) is 17.9. The molecule has 0 saturated carbocycles. The van der Waals surface area contributed by atoms with Gasteiger partial charge in [0.1, 0.15) is 12.1 Å². The van der Waals surface area contributed by atoms with Crippen LogP contribution in [0.2, 0.25) is 0 Å². The number of allylic oxidation sites excluding steroid dienone is 1. The first-order chi connectivity index (χ1) is 12.8. The number of carbonyl (C=O) groups excluding carboxylic acids is 1. The number of fused-ring (bicyclic) bond motifs is 1. The average molecular weight is 342 g/mol. The number of nitrogens with zero attached hydrogens (tertiary/aromatic N) is 3. The first-order valence-electron chi connectivity index (χ1n) is 8.16. The Bertz CT molecular complexity index is 984. The molecule has 6 nitrogen and oxygen atoms in total. The van der Waals surface area contributed by atoms with Crippen LogP contribution in [0.3, 0.4) is 0 Å². The second-order valence-electron chi connectivity index (χ2n) is 5.79. The molecule has 0 fully saturated rings. The van der Waals surface area contributed by atoms with Crippen molar-refractivity contribution in [2.75, 3.05) is 6.54 Å². The summed E-state index contributed by atoms with van der Waals surface area (Å²) >= 11 is 0. The van der Waals surface area contributed by atoms with Gasteiger partial charge in [-0.2, -0.15) is 5.01 Å². The number of carbonyl (C=O) groups is 1. The van der Waals surface area contributed by atoms with Crippen molar-refractivity contribution in [3.8, 4) is 12.3 Å². The molecule has 1 amide bonds. The topological polar surface area (TPSA) is 74.2 Å². The van der Waals surface area contributed by atoms with Crippen molar-refractivity contribution in [2.45, 2.75) is 0 Å². The maximum absolute atomic E-state index is 12.6. The van der Waals surface area contributed by atoms with E-state index >= 15 is 0 Å². The maximum Gasteiger partial charge on any atom is 0.258 e. The van der Waals surface area contributed by atoms with E-state index in [1.165, 1.54) is 6.20 Å². The molecule has 0 atom stereocenters. The molecule has 4 rings (SSSR count). The second-order valence-corrected chi connectivity index (χ2v) is 5.79. The maximum atomic E-state index is 12.6. The van der Waals surface area contributed by atoms with E-state index in [-0.39, 0.29) is 5.91 Å². The molecule has 0 aliphatic carbocycles. The summed E-state index contributed by atoms with van der Waals surface area (Å²) in [7, 11) is 0. The van der Waals surface area contributed by atoms with Gasteiger partial charge in [0.05, 0.1) is 11.3 Å². The molecule has 26 heavy (non-hydrogen) atoms. The summed E-state index contributed by atoms with van der Waals surface area (Å²) in [5.41, 5.74) is 4.90. The Balaban J connectivity index is 1.72. The van der Waals surface area contributed by atoms with E-state index in [1.54, 1.807) is 18.3 Å². The second kappa shape index (κ2) is 6.67. The van der Waals surface area contributed by atoms with Crippen LogP contribution in [0.1, 0.15) is 15.9 Å². The van der Waals surface area contributed by atoms with Gasteiger partial charge in [0.15, 0.2) is 5.82 Å². The molecule has 1 aromatic carbocycles. The third-order valence-corrected chi connectivity index (χ3v) is 4.14. The van der Waals surface area contributed by atoms with E-state index in [2.05, 4.69) is 16.2 Å². The summed E-state index contributed by atoms with van der Waals surface area (Å²) in [6.07, 6.45) is 10.6. The molecule has 0 unspecified atom stereocenters. The molecule has 0 bridgehead atoms. The Morgan fingerprint density at radius 2 is 2.08 bits per heavy atom. The molecule has 3 N–H and O–H groups in total. The molecule has 0 radical (unpaired) electrons. The predicted octanol–water partition coefficient (Wildman–Crippen LogP) is 0.794. The molecule has 2 aliphatic heterocycles. The van der Waals surface area contributed by atoms with E-state index in [0.717, 1.165) is 16.8 Å². The van der Waals surface area contributed by atoms with Crippen LogP contribution in [0.5, 0.6) is 0 Å². The molecular weight excluding hydrogens is 326 g/mol. The third-order valence-electron chi connectivity index (χ3n) is 4.14. The van der Waals surface area contributed by atoms with Crippen molar-refractivity contribution < 1.29 is 10.2 Å². The van der Waals surface area contributed by atoms with Gasteiger partial charge in [-0.1, -0.05) is 36.3 Å². The number of pyridine rings is 1. The summed E-state index contributed by atoms with van der Waals surface area (Å²) < 4.78 is 0. The molecule has 2 aromatic rings. The lowest BCUT2D eigenvalue weighted by molar-refractivity contribution is -0.771. The van der Waals surface area contributed by atoms with Crippen molar-refractivity contribution in [3.63, 3.8) is 0 Å². The van der Waals surface area contributed by atoms with Gasteiger partial charge >= 0.3 is 0 Å². The minimum atomic E-state index is -0.236. The van der Waals surface area contributed by atoms with Crippen molar-refractivity contribution in [1.82, 2.24) is 15.3 Å². The number of nitrogens with two attached hydrogens (primary N) is 1. The molecule has 6 heteroatoms. The van der Waals surface area contributed by atoms with Crippen molar-refractivity contribution >= 4 is 11.6 Å². The van der Waals surface area contributed by atoms with E-state index in [9.17, 15) is 4.79 Å². The fourth-order valence-electron chi connectivity index (χ4n) is 2.85. The summed E-state index contributed by atoms with van der Waals surface area (Å²) in [6, 6.07) is 13.2. The lowest BCUT2D eigenvalue weighted by atomic mass is 10.1. The summed E-state index contributed by atoms with van der Waals surface area (Å²) in [5.74, 6) is 3.75. The van der Waals surface area contributed by atoms with Crippen LogP contribution in [0.25, 0.3) is 0 Å². The first kappa shape index (κ1) is 15.8. The van der Waals surface area contributed by atoms with E-state index in [0.29, 0.717) is 23.8 Å². The van der Waals surface area contributed by atoms with Crippen LogP contribution < -0.4 is 10.7 Å². The number of quaternary nitrogens is 1. The molecule has 3 heterocycles. The van der Waals surface area contributed by atoms with Gasteiger partial charge in [0.25, 0.3) is 5.91 Å². The molecule has 0 spiro atoms. The van der Waals surface area contributed by atoms with Crippen LogP contribution in [0, 0.1) is 12.3 Å². The Kier molecular flexibility index (Phi) is 4.06. The van der Waals surface area contributed by atoms with Crippen LogP contribution in [-0.4, -0.2) is 28.2 Å². The molecule has 2 aliphatic rings. The predicted molar refractivity (Wildman–Crippen MR) is 97.3 cm³/mol. The fourth-order valence-corrected chi connectivity index (χ4v) is 2.85. The number of rotatable bonds is 3. The van der Waals surface area contributed by atoms with Gasteiger partial charge < -0.3 is 5.32 Å². The number of terminal acetylenes is 1. The van der Waals surface area contributed by atoms with Crippen LogP contribution >= 0.6 is 0 Å². The fraction of sp³-hybridized carbons (Fsp3) is 0.0500. The van der Waals surface area contributed by atoms with Crippen LogP contribution in [0.4, 0.5) is 0 Å². The lowest BCUT2D eigenvalue weighted by Crippen LogP contribution is -2.91. The SMILES string of the molecule is C#CC1=C2N=C(c3ccccc3)C=C(NC(=O)c3cccnc3)N2[NH2+]C1. The highest BCUT2D eigenvalue weighted by molar-refractivity contribution is 6.10. The Hall–Kier alpha value is -3.69. The lowest BCUT2D eigenvalue weighted by Gasteiger charge is -2.24. The van der Waals surface area contributed by atoms with Crippen LogP contribution in [-0.2, 0) is 0 Å². The summed E-state index contributed by atoms with van der Waals surface area (Å²) in [5, 5.41) is 4.77. The highest BCUT2D eigenvalue weighted by Crippen LogP contribution is 2.22. The van der Waals surface area contributed by atoms with E-state index in [4.69, 9.17) is 11.4 Å². The van der Waals surface area contributed by atoms with Crippen LogP contribution in [0.15, 0.2) is 83.1 Å². The highest BCUT2D eigenvalue weighted by atomic mass is 16.1. The zero-order valence-corrected chi connectivity index (χ0v) is 13.9. The van der Waals surface area contributed by atoms with Crippen molar-refractivity contribution in [3.05, 3.63) is 89.3 Å². The smallest absolute Gasteiger partial charge is 0.258 e. The minimum Gasteiger partial charge on any atom is -0.304 e. The van der Waals surface area contributed by atoms with Gasteiger partial charge in [0.2, 0.25) is 5.82 Å². The van der Waals surface area contributed by atoms with Gasteiger partial charge in [0, 0.05) is 24.0 Å². The van der Waals surface area contributed by atoms with Gasteiger partial charge in [-0.05, 0) is 12.1 Å². The molecule has 126 valence electrons. The highest BCUT2D eigenvalue weighted by Gasteiger charge is 2.33. The Labute approximate surface area is 150 Å². The standard InChI is InChI=1S/C20H15N5O/c1-2-14-13-22-25-18(24-20(26)16-9-6-10-21-12-16)11-17(23-19(14)25)15-7-4-3-5-8-15/h1,3-12,22H,13H2,(H,24,26)/p+1.